The number of hydrogen-bond acceptors (Lipinski definition) is 3. The van der Waals surface area contributed by atoms with E-state index in [1.54, 1.807) is 11.8 Å². The summed E-state index contributed by atoms with van der Waals surface area (Å²) in [5.41, 5.74) is 2.41. The largest absolute Gasteiger partial charge is 0.480 e. The Hall–Kier alpha value is -1.29. The number of rotatable bonds is 3. The van der Waals surface area contributed by atoms with E-state index >= 15 is 0 Å². The maximum Gasteiger partial charge on any atom is 0.329 e. The summed E-state index contributed by atoms with van der Waals surface area (Å²) < 4.78 is 0. The second-order valence-corrected chi connectivity index (χ2v) is 4.95. The lowest BCUT2D eigenvalue weighted by molar-refractivity contribution is -0.137. The summed E-state index contributed by atoms with van der Waals surface area (Å²) in [5, 5.41) is 9.75. The molecule has 3 nitrogen and oxygen atoms in total. The van der Waals surface area contributed by atoms with E-state index < -0.39 is 12.0 Å². The van der Waals surface area contributed by atoms with E-state index in [0.717, 1.165) is 11.5 Å². The second-order valence-electron chi connectivity index (χ2n) is 3.85. The lowest BCUT2D eigenvalue weighted by atomic mass is 10.1. The topological polar surface area (TPSA) is 49.7 Å². The van der Waals surface area contributed by atoms with E-state index in [2.05, 4.69) is 11.1 Å². The number of aryl methyl sites for hydroxylation is 1. The van der Waals surface area contributed by atoms with E-state index in [1.807, 2.05) is 25.1 Å². The predicted molar refractivity (Wildman–Crippen MR) is 66.2 cm³/mol. The molecular formula is C12H13NO2S. The number of nitrogens with zero attached hydrogens (tertiary/aromatic N) is 1. The second kappa shape index (κ2) is 4.70. The first-order valence-corrected chi connectivity index (χ1v) is 6.11. The minimum absolute atomic E-state index is 0.551. The van der Waals surface area contributed by atoms with Gasteiger partial charge in [-0.2, -0.15) is 0 Å². The quantitative estimate of drug-likeness (QED) is 0.873. The van der Waals surface area contributed by atoms with Gasteiger partial charge in [-0.05, 0) is 12.5 Å². The number of carboxylic acid groups (broad SMARTS) is 1. The van der Waals surface area contributed by atoms with Crippen molar-refractivity contribution in [3.63, 3.8) is 0 Å². The van der Waals surface area contributed by atoms with E-state index in [1.165, 1.54) is 11.1 Å². The lowest BCUT2D eigenvalue weighted by Gasteiger charge is -2.01. The van der Waals surface area contributed by atoms with Crippen molar-refractivity contribution in [2.45, 2.75) is 19.4 Å². The Morgan fingerprint density at radius 2 is 2.44 bits per heavy atom. The first-order chi connectivity index (χ1) is 7.65. The van der Waals surface area contributed by atoms with Gasteiger partial charge in [-0.15, -0.1) is 11.8 Å². The van der Waals surface area contributed by atoms with Crippen LogP contribution < -0.4 is 0 Å². The van der Waals surface area contributed by atoms with Crippen LogP contribution in [0.15, 0.2) is 29.3 Å². The highest BCUT2D eigenvalue weighted by Crippen LogP contribution is 2.21. The van der Waals surface area contributed by atoms with Gasteiger partial charge in [0.1, 0.15) is 0 Å². The van der Waals surface area contributed by atoms with Crippen LogP contribution >= 0.6 is 11.8 Å². The van der Waals surface area contributed by atoms with Crippen LogP contribution in [0, 0.1) is 6.92 Å². The molecule has 4 heteroatoms. The van der Waals surface area contributed by atoms with E-state index in [-0.39, 0.29) is 0 Å². The highest BCUT2D eigenvalue weighted by atomic mass is 32.2. The third-order valence-corrected chi connectivity index (χ3v) is 3.50. The van der Waals surface area contributed by atoms with E-state index in [0.29, 0.717) is 5.75 Å². The summed E-state index contributed by atoms with van der Waals surface area (Å²) in [6.45, 7) is 2.05. The summed E-state index contributed by atoms with van der Waals surface area (Å²) in [7, 11) is 0. The molecule has 0 saturated carbocycles. The molecule has 0 amide bonds. The zero-order valence-electron chi connectivity index (χ0n) is 9.01. The summed E-state index contributed by atoms with van der Waals surface area (Å²) in [6, 6.07) is 7.67. The van der Waals surface area contributed by atoms with Gasteiger partial charge in [-0.3, -0.25) is 4.99 Å². The van der Waals surface area contributed by atoms with Crippen molar-refractivity contribution < 1.29 is 9.90 Å². The number of hydrogen-bond donors (Lipinski definition) is 1. The maximum absolute atomic E-state index is 10.7. The first-order valence-electron chi connectivity index (χ1n) is 5.13. The van der Waals surface area contributed by atoms with Crippen LogP contribution in [0.1, 0.15) is 11.1 Å². The van der Waals surface area contributed by atoms with E-state index in [9.17, 15) is 4.79 Å². The Morgan fingerprint density at radius 1 is 1.62 bits per heavy atom. The highest BCUT2D eigenvalue weighted by Gasteiger charge is 2.24. The molecule has 0 spiro atoms. The van der Waals surface area contributed by atoms with E-state index in [4.69, 9.17) is 5.11 Å². The number of thioether (sulfide) groups is 1. The number of carboxylic acids is 1. The minimum Gasteiger partial charge on any atom is -0.480 e. The van der Waals surface area contributed by atoms with Crippen molar-refractivity contribution in [2.24, 2.45) is 4.99 Å². The Morgan fingerprint density at radius 3 is 3.06 bits per heavy atom. The van der Waals surface area contributed by atoms with Gasteiger partial charge in [0.05, 0.1) is 5.04 Å². The fourth-order valence-corrected chi connectivity index (χ4v) is 2.68. The van der Waals surface area contributed by atoms with Gasteiger partial charge in [0.15, 0.2) is 6.04 Å². The van der Waals surface area contributed by atoms with Crippen molar-refractivity contribution >= 4 is 22.8 Å². The van der Waals surface area contributed by atoms with Crippen LogP contribution in [0.3, 0.4) is 0 Å². The van der Waals surface area contributed by atoms with Gasteiger partial charge >= 0.3 is 5.97 Å². The Kier molecular flexibility index (Phi) is 3.29. The van der Waals surface area contributed by atoms with Crippen LogP contribution in [0.2, 0.25) is 0 Å². The molecule has 2 rings (SSSR count). The smallest absolute Gasteiger partial charge is 0.329 e. The van der Waals surface area contributed by atoms with Crippen molar-refractivity contribution in [3.8, 4) is 0 Å². The molecule has 0 saturated heterocycles. The third-order valence-electron chi connectivity index (χ3n) is 2.43. The van der Waals surface area contributed by atoms with Gasteiger partial charge in [0.25, 0.3) is 0 Å². The summed E-state index contributed by atoms with van der Waals surface area (Å²) in [6.07, 6.45) is 0.746. The van der Waals surface area contributed by atoms with Crippen molar-refractivity contribution in [3.05, 3.63) is 35.4 Å². The lowest BCUT2D eigenvalue weighted by Crippen LogP contribution is -2.17. The molecule has 16 heavy (non-hydrogen) atoms. The fourth-order valence-electron chi connectivity index (χ4n) is 1.64. The molecule has 0 bridgehead atoms. The monoisotopic (exact) mass is 235 g/mol. The molecule has 1 atom stereocenters. The number of aliphatic imine (C=N–C) groups is 1. The van der Waals surface area contributed by atoms with Crippen LogP contribution in [0.25, 0.3) is 0 Å². The third kappa shape index (κ3) is 2.64. The average Bonchev–Trinajstić information content (AvgIpc) is 2.66. The first kappa shape index (κ1) is 11.2. The summed E-state index contributed by atoms with van der Waals surface area (Å²) >= 11 is 1.55. The van der Waals surface area contributed by atoms with Gasteiger partial charge in [-0.1, -0.05) is 29.8 Å². The molecule has 1 aliphatic rings. The van der Waals surface area contributed by atoms with Gasteiger partial charge in [0, 0.05) is 12.2 Å². The highest BCUT2D eigenvalue weighted by molar-refractivity contribution is 8.14. The summed E-state index contributed by atoms with van der Waals surface area (Å²) in [5.74, 6) is -0.261. The molecule has 0 aromatic heterocycles. The summed E-state index contributed by atoms with van der Waals surface area (Å²) in [4.78, 5) is 14.9. The standard InChI is InChI=1S/C12H13NO2S/c1-8-3-2-4-9(5-8)6-11-13-10(7-16-11)12(14)15/h2-5,10H,6-7H2,1H3,(H,14,15)/t10-/m0/s1. The Labute approximate surface area is 98.6 Å². The molecule has 84 valence electrons. The molecule has 0 unspecified atom stereocenters. The predicted octanol–water partition coefficient (Wildman–Crippen LogP) is 2.14. The SMILES string of the molecule is Cc1cccc(CC2=N[C@H](C(=O)O)CS2)c1. The molecule has 1 aliphatic heterocycles. The average molecular weight is 235 g/mol. The fraction of sp³-hybridized carbons (Fsp3) is 0.333. The van der Waals surface area contributed by atoms with Crippen LogP contribution in [0.5, 0.6) is 0 Å². The van der Waals surface area contributed by atoms with Gasteiger partial charge < -0.3 is 5.11 Å². The normalized spacial score (nSPS) is 19.6. The molecule has 0 aliphatic carbocycles. The molecule has 1 aromatic rings. The minimum atomic E-state index is -0.827. The molecule has 0 radical (unpaired) electrons. The molecule has 1 N–H and O–H groups in total. The van der Waals surface area contributed by atoms with Crippen LogP contribution in [0.4, 0.5) is 0 Å². The van der Waals surface area contributed by atoms with Crippen LogP contribution in [-0.2, 0) is 11.2 Å². The Bertz CT molecular complexity index is 442. The van der Waals surface area contributed by atoms with Crippen molar-refractivity contribution in [2.75, 3.05) is 5.75 Å². The van der Waals surface area contributed by atoms with Gasteiger partial charge in [0.2, 0.25) is 0 Å². The Balaban J connectivity index is 2.06. The van der Waals surface area contributed by atoms with Gasteiger partial charge in [-0.25, -0.2) is 4.79 Å². The molecule has 0 fully saturated rings. The maximum atomic E-state index is 10.7. The number of benzene rings is 1. The molecule has 1 aromatic carbocycles. The number of aliphatic carboxylic acids is 1. The molecular weight excluding hydrogens is 222 g/mol. The zero-order chi connectivity index (χ0) is 11.5. The zero-order valence-corrected chi connectivity index (χ0v) is 9.83. The molecule has 1 heterocycles. The van der Waals surface area contributed by atoms with Crippen molar-refractivity contribution in [1.82, 2.24) is 0 Å². The number of carbonyl (C=O) groups is 1. The van der Waals surface area contributed by atoms with Crippen molar-refractivity contribution in [1.29, 1.82) is 0 Å². The van der Waals surface area contributed by atoms with Crippen LogP contribution in [-0.4, -0.2) is 27.9 Å².